The van der Waals surface area contributed by atoms with Crippen molar-refractivity contribution in [2.24, 2.45) is 4.99 Å². The lowest BCUT2D eigenvalue weighted by atomic mass is 9.74. The highest BCUT2D eigenvalue weighted by atomic mass is 32.3. The minimum absolute atomic E-state index is 0.136. The Morgan fingerprint density at radius 1 is 1.12 bits per heavy atom. The molecule has 2 aliphatic rings. The van der Waals surface area contributed by atoms with Gasteiger partial charge >= 0.3 is 10.4 Å². The Kier molecular flexibility index (Phi) is 8.08. The Balaban J connectivity index is 0.000000588. The Labute approximate surface area is 199 Å². The van der Waals surface area contributed by atoms with Gasteiger partial charge in [0.2, 0.25) is 5.95 Å². The molecule has 2 aromatic rings. The van der Waals surface area contributed by atoms with Gasteiger partial charge in [0.1, 0.15) is 0 Å². The number of rotatable bonds is 5. The number of aliphatic hydroxyl groups is 1. The van der Waals surface area contributed by atoms with Gasteiger partial charge in [-0.3, -0.25) is 14.1 Å². The highest BCUT2D eigenvalue weighted by Gasteiger charge is 2.37. The maximum atomic E-state index is 10.3. The third kappa shape index (κ3) is 6.20. The second-order valence-electron chi connectivity index (χ2n) is 8.26. The number of hydrogen-bond donors (Lipinski definition) is 3. The average molecular weight is 495 g/mol. The summed E-state index contributed by atoms with van der Waals surface area (Å²) in [6.45, 7) is 2.52. The van der Waals surface area contributed by atoms with Gasteiger partial charge in [0.15, 0.2) is 11.5 Å². The van der Waals surface area contributed by atoms with Crippen molar-refractivity contribution < 1.29 is 32.1 Å². The van der Waals surface area contributed by atoms with Gasteiger partial charge in [-0.05, 0) is 43.9 Å². The van der Waals surface area contributed by atoms with Crippen LogP contribution >= 0.6 is 0 Å². The quantitative estimate of drug-likeness (QED) is 0.527. The summed E-state index contributed by atoms with van der Waals surface area (Å²) in [6, 6.07) is 4.20. The highest BCUT2D eigenvalue weighted by Crippen LogP contribution is 2.44. The molecule has 2 heterocycles. The van der Waals surface area contributed by atoms with Gasteiger partial charge in [-0.1, -0.05) is 0 Å². The van der Waals surface area contributed by atoms with Crippen molar-refractivity contribution in [2.75, 3.05) is 32.7 Å². The van der Waals surface area contributed by atoms with Gasteiger partial charge in [-0.15, -0.1) is 0 Å². The van der Waals surface area contributed by atoms with E-state index in [-0.39, 0.29) is 18.1 Å². The van der Waals surface area contributed by atoms with E-state index in [9.17, 15) is 5.11 Å². The minimum Gasteiger partial charge on any atom is -0.493 e. The highest BCUT2D eigenvalue weighted by molar-refractivity contribution is 7.79. The summed E-state index contributed by atoms with van der Waals surface area (Å²) >= 11 is 0. The Morgan fingerprint density at radius 3 is 2.32 bits per heavy atom. The fraction of sp³-hybridized carbons (Fsp3) is 0.500. The van der Waals surface area contributed by atoms with Crippen molar-refractivity contribution in [3.8, 4) is 11.5 Å². The van der Waals surface area contributed by atoms with Crippen molar-refractivity contribution in [2.45, 2.75) is 44.2 Å². The first-order valence-electron chi connectivity index (χ1n) is 10.8. The van der Waals surface area contributed by atoms with E-state index in [1.807, 2.05) is 44.4 Å². The first-order chi connectivity index (χ1) is 16.0. The van der Waals surface area contributed by atoms with Gasteiger partial charge in [0.25, 0.3) is 0 Å². The maximum Gasteiger partial charge on any atom is 0.394 e. The smallest absolute Gasteiger partial charge is 0.394 e. The molecular formula is C22H30N4O7S. The van der Waals surface area contributed by atoms with E-state index in [0.717, 1.165) is 41.0 Å². The number of methoxy groups -OCH3 is 1. The monoisotopic (exact) mass is 494 g/mol. The predicted octanol–water partition coefficient (Wildman–Crippen LogP) is 2.15. The number of aliphatic hydroxyl groups excluding tert-OH is 1. The molecule has 4 rings (SSSR count). The second kappa shape index (κ2) is 10.6. The molecule has 12 heteroatoms. The summed E-state index contributed by atoms with van der Waals surface area (Å²) in [5, 5.41) is 10.3. The van der Waals surface area contributed by atoms with E-state index in [0.29, 0.717) is 24.7 Å². The standard InChI is InChI=1S/C22H28N4O3.H2O4S/c1-5-29-20-9-15-16-8-14(27)6-7-18(16)25-21(17(15)10-19(20)28-4)13-11-23-22(24-12-13)26(2)3;1-5(2,3)4/h9-12,14,16,18,27H,5-8H2,1-4H3;(H2,1,2,3,4)/t14-,16-,18-;/m1./s1. The molecule has 1 aliphatic heterocycles. The van der Waals surface area contributed by atoms with Crippen LogP contribution in [0.15, 0.2) is 29.5 Å². The van der Waals surface area contributed by atoms with Crippen LogP contribution in [-0.2, 0) is 10.4 Å². The van der Waals surface area contributed by atoms with E-state index in [4.69, 9.17) is 32.0 Å². The van der Waals surface area contributed by atoms with Crippen LogP contribution < -0.4 is 14.4 Å². The number of anilines is 1. The van der Waals surface area contributed by atoms with E-state index in [1.165, 1.54) is 0 Å². The average Bonchev–Trinajstić information content (AvgIpc) is 2.77. The van der Waals surface area contributed by atoms with Gasteiger partial charge in [0.05, 0.1) is 31.6 Å². The number of benzene rings is 1. The Morgan fingerprint density at radius 2 is 1.76 bits per heavy atom. The van der Waals surface area contributed by atoms with E-state index in [2.05, 4.69) is 16.0 Å². The molecule has 34 heavy (non-hydrogen) atoms. The van der Waals surface area contributed by atoms with Gasteiger partial charge in [-0.2, -0.15) is 8.42 Å². The third-order valence-electron chi connectivity index (χ3n) is 5.68. The lowest BCUT2D eigenvalue weighted by Crippen LogP contribution is -2.34. The molecule has 11 nitrogen and oxygen atoms in total. The molecule has 0 saturated heterocycles. The molecule has 0 spiro atoms. The summed E-state index contributed by atoms with van der Waals surface area (Å²) < 4.78 is 43.0. The van der Waals surface area contributed by atoms with Crippen LogP contribution in [0.3, 0.4) is 0 Å². The molecule has 1 aromatic heterocycles. The molecule has 3 atom stereocenters. The van der Waals surface area contributed by atoms with Crippen LogP contribution in [0.2, 0.25) is 0 Å². The number of fused-ring (bicyclic) bond motifs is 3. The summed E-state index contributed by atoms with van der Waals surface area (Å²) in [6.07, 6.45) is 5.71. The Hall–Kier alpha value is -2.80. The van der Waals surface area contributed by atoms with Gasteiger partial charge in [-0.25, -0.2) is 9.97 Å². The van der Waals surface area contributed by atoms with Gasteiger partial charge < -0.3 is 19.5 Å². The first-order valence-corrected chi connectivity index (χ1v) is 12.2. The number of nitrogens with zero attached hydrogens (tertiary/aromatic N) is 4. The molecule has 1 aliphatic carbocycles. The molecule has 1 saturated carbocycles. The van der Waals surface area contributed by atoms with Crippen molar-refractivity contribution in [3.05, 3.63) is 41.2 Å². The summed E-state index contributed by atoms with van der Waals surface area (Å²) in [5.74, 6) is 2.24. The first kappa shape index (κ1) is 25.8. The normalized spacial score (nSPS) is 21.3. The lowest BCUT2D eigenvalue weighted by Gasteiger charge is -2.37. The van der Waals surface area contributed by atoms with Crippen molar-refractivity contribution >= 4 is 22.1 Å². The van der Waals surface area contributed by atoms with Crippen LogP contribution in [0.5, 0.6) is 11.5 Å². The molecule has 3 N–H and O–H groups in total. The molecule has 0 amide bonds. The van der Waals surface area contributed by atoms with E-state index in [1.54, 1.807) is 7.11 Å². The van der Waals surface area contributed by atoms with Crippen LogP contribution in [0.25, 0.3) is 0 Å². The van der Waals surface area contributed by atoms with Crippen molar-refractivity contribution in [1.82, 2.24) is 9.97 Å². The number of ether oxygens (including phenoxy) is 2. The molecule has 1 fully saturated rings. The predicted molar refractivity (Wildman–Crippen MR) is 127 cm³/mol. The summed E-state index contributed by atoms with van der Waals surface area (Å²) in [7, 11) is 0.813. The topological polar surface area (TPSA) is 155 Å². The molecule has 1 aromatic carbocycles. The van der Waals surface area contributed by atoms with Crippen LogP contribution in [0.4, 0.5) is 5.95 Å². The third-order valence-corrected chi connectivity index (χ3v) is 5.68. The number of hydrogen-bond acceptors (Lipinski definition) is 9. The zero-order valence-electron chi connectivity index (χ0n) is 19.5. The molecule has 0 bridgehead atoms. The fourth-order valence-electron chi connectivity index (χ4n) is 4.28. The van der Waals surface area contributed by atoms with E-state index < -0.39 is 10.4 Å². The molecule has 186 valence electrons. The minimum atomic E-state index is -4.67. The largest absolute Gasteiger partial charge is 0.493 e. The van der Waals surface area contributed by atoms with Gasteiger partial charge in [0, 0.05) is 43.5 Å². The zero-order chi connectivity index (χ0) is 25.0. The number of aliphatic imine (C=N–C) groups is 1. The molecule has 0 radical (unpaired) electrons. The molecule has 0 unspecified atom stereocenters. The van der Waals surface area contributed by atoms with Crippen molar-refractivity contribution in [1.29, 1.82) is 0 Å². The molecular weight excluding hydrogens is 464 g/mol. The SMILES string of the molecule is CCOc1cc2c(cc1OC)C(c1cnc(N(C)C)nc1)=N[C@@H]1CC[C@@H](O)C[C@H]21.O=S(=O)(O)O. The summed E-state index contributed by atoms with van der Waals surface area (Å²) in [4.78, 5) is 15.9. The second-order valence-corrected chi connectivity index (χ2v) is 9.15. The van der Waals surface area contributed by atoms with Crippen molar-refractivity contribution in [3.63, 3.8) is 0 Å². The maximum absolute atomic E-state index is 10.3. The Bertz CT molecular complexity index is 1130. The number of aromatic nitrogens is 2. The lowest BCUT2D eigenvalue weighted by molar-refractivity contribution is 0.111. The summed E-state index contributed by atoms with van der Waals surface area (Å²) in [5.41, 5.74) is 3.92. The van der Waals surface area contributed by atoms with E-state index >= 15 is 0 Å². The fourth-order valence-corrected chi connectivity index (χ4v) is 4.28. The van der Waals surface area contributed by atoms with Crippen LogP contribution in [0, 0.1) is 0 Å². The van der Waals surface area contributed by atoms with Crippen LogP contribution in [-0.4, -0.2) is 78.3 Å². The van der Waals surface area contributed by atoms with Crippen LogP contribution in [0.1, 0.15) is 48.8 Å². The zero-order valence-corrected chi connectivity index (χ0v) is 20.4.